The number of aromatic nitrogens is 1. The van der Waals surface area contributed by atoms with Crippen molar-refractivity contribution in [2.24, 2.45) is 0 Å². The van der Waals surface area contributed by atoms with E-state index < -0.39 is 10.0 Å². The van der Waals surface area contributed by atoms with Gasteiger partial charge in [0.2, 0.25) is 10.0 Å². The van der Waals surface area contributed by atoms with E-state index in [1.165, 1.54) is 24.7 Å². The minimum Gasteiger partial charge on any atom is -0.493 e. The summed E-state index contributed by atoms with van der Waals surface area (Å²) in [4.78, 5) is 15.9. The normalized spacial score (nSPS) is 10.9. The highest BCUT2D eigenvalue weighted by Gasteiger charge is 2.19. The quantitative estimate of drug-likeness (QED) is 0.742. The predicted octanol–water partition coefficient (Wildman–Crippen LogP) is 1.29. The number of hydrogen-bond donors (Lipinski definition) is 1. The Morgan fingerprint density at radius 1 is 1.19 bits per heavy atom. The topological polar surface area (TPSA) is 97.8 Å². The largest absolute Gasteiger partial charge is 0.493 e. The second-order valence-corrected chi connectivity index (χ2v) is 7.28. The lowest BCUT2D eigenvalue weighted by Crippen LogP contribution is -2.38. The molecule has 2 aromatic rings. The molecule has 0 saturated heterocycles. The molecule has 1 heterocycles. The van der Waals surface area contributed by atoms with Gasteiger partial charge in [-0.05, 0) is 24.3 Å². The first-order valence-electron chi connectivity index (χ1n) is 7.74. The molecule has 0 unspecified atom stereocenters. The molecule has 0 aliphatic heterocycles. The number of pyridine rings is 1. The third-order valence-corrected chi connectivity index (χ3v) is 4.77. The number of rotatable bonds is 8. The van der Waals surface area contributed by atoms with E-state index in [0.29, 0.717) is 22.7 Å². The zero-order chi connectivity index (χ0) is 19.2. The molecular weight excluding hydrogens is 358 g/mol. The Balaban J connectivity index is 2.13. The molecule has 0 saturated carbocycles. The average molecular weight is 379 g/mol. The van der Waals surface area contributed by atoms with Gasteiger partial charge in [0.15, 0.2) is 11.5 Å². The molecule has 1 N–H and O–H groups in total. The molecule has 8 nitrogen and oxygen atoms in total. The molecule has 0 radical (unpaired) electrons. The molecule has 0 aliphatic carbocycles. The third kappa shape index (κ3) is 4.85. The molecule has 26 heavy (non-hydrogen) atoms. The van der Waals surface area contributed by atoms with E-state index in [1.807, 2.05) is 0 Å². The van der Waals surface area contributed by atoms with Crippen LogP contribution >= 0.6 is 0 Å². The van der Waals surface area contributed by atoms with E-state index in [4.69, 9.17) is 9.47 Å². The van der Waals surface area contributed by atoms with Gasteiger partial charge in [-0.1, -0.05) is 0 Å². The molecule has 9 heteroatoms. The summed E-state index contributed by atoms with van der Waals surface area (Å²) < 4.78 is 35.9. The summed E-state index contributed by atoms with van der Waals surface area (Å²) in [5.74, 6) is 0.589. The highest BCUT2D eigenvalue weighted by atomic mass is 32.2. The summed E-state index contributed by atoms with van der Waals surface area (Å²) in [6.45, 7) is 0.204. The van der Waals surface area contributed by atoms with Crippen molar-refractivity contribution in [1.29, 1.82) is 0 Å². The first-order valence-corrected chi connectivity index (χ1v) is 9.59. The van der Waals surface area contributed by atoms with Gasteiger partial charge >= 0.3 is 0 Å². The maximum atomic E-state index is 12.2. The molecule has 0 atom stereocenters. The van der Waals surface area contributed by atoms with Gasteiger partial charge in [-0.3, -0.25) is 14.1 Å². The Labute approximate surface area is 152 Å². The summed E-state index contributed by atoms with van der Waals surface area (Å²) in [7, 11) is -0.579. The summed E-state index contributed by atoms with van der Waals surface area (Å²) in [6.07, 6.45) is 4.11. The highest BCUT2D eigenvalue weighted by molar-refractivity contribution is 7.92. The van der Waals surface area contributed by atoms with Gasteiger partial charge in [-0.15, -0.1) is 0 Å². The lowest BCUT2D eigenvalue weighted by Gasteiger charge is -2.23. The number of anilines is 1. The molecule has 0 fully saturated rings. The van der Waals surface area contributed by atoms with Crippen molar-refractivity contribution in [2.75, 3.05) is 37.9 Å². The van der Waals surface area contributed by atoms with Crippen LogP contribution in [0.5, 0.6) is 11.5 Å². The van der Waals surface area contributed by atoms with E-state index in [0.717, 1.165) is 6.26 Å². The van der Waals surface area contributed by atoms with Crippen LogP contribution in [0.1, 0.15) is 10.4 Å². The van der Waals surface area contributed by atoms with Crippen LogP contribution in [-0.4, -0.2) is 52.9 Å². The zero-order valence-electron chi connectivity index (χ0n) is 14.8. The molecule has 0 aliphatic rings. The molecular formula is C17H21N3O5S. The second kappa shape index (κ2) is 8.52. The molecule has 140 valence electrons. The first kappa shape index (κ1) is 19.5. The van der Waals surface area contributed by atoms with E-state index in [-0.39, 0.29) is 19.0 Å². The Bertz CT molecular complexity index is 856. The van der Waals surface area contributed by atoms with Crippen LogP contribution in [0.25, 0.3) is 0 Å². The first-order chi connectivity index (χ1) is 12.4. The van der Waals surface area contributed by atoms with Gasteiger partial charge in [0.25, 0.3) is 5.91 Å². The number of hydrogen-bond acceptors (Lipinski definition) is 6. The van der Waals surface area contributed by atoms with Crippen LogP contribution in [-0.2, 0) is 10.0 Å². The number of amides is 1. The van der Waals surface area contributed by atoms with Crippen LogP contribution in [0.2, 0.25) is 0 Å². The number of sulfonamides is 1. The molecule has 2 rings (SSSR count). The Morgan fingerprint density at radius 2 is 1.92 bits per heavy atom. The minimum absolute atomic E-state index is 0.0698. The fraction of sp³-hybridized carbons (Fsp3) is 0.294. The summed E-state index contributed by atoms with van der Waals surface area (Å²) in [5.41, 5.74) is 0.824. The van der Waals surface area contributed by atoms with Gasteiger partial charge in [-0.2, -0.15) is 0 Å². The lowest BCUT2D eigenvalue weighted by molar-refractivity contribution is 0.0954. The standard InChI is InChI=1S/C17H21N3O5S/c1-24-15-7-6-14(11-16(15)25-2)20(26(3,22)23)10-9-19-17(21)13-5-4-8-18-12-13/h4-8,11-12H,9-10H2,1-3H3,(H,19,21). The van der Waals surface area contributed by atoms with Crippen LogP contribution in [0.15, 0.2) is 42.7 Å². The predicted molar refractivity (Wildman–Crippen MR) is 98.3 cm³/mol. The minimum atomic E-state index is -3.55. The summed E-state index contributed by atoms with van der Waals surface area (Å²) in [6, 6.07) is 8.10. The van der Waals surface area contributed by atoms with Gasteiger partial charge in [0, 0.05) is 25.0 Å². The highest BCUT2D eigenvalue weighted by Crippen LogP contribution is 2.32. The summed E-state index contributed by atoms with van der Waals surface area (Å²) in [5, 5.41) is 2.68. The van der Waals surface area contributed by atoms with Gasteiger partial charge in [0.05, 0.1) is 38.3 Å². The van der Waals surface area contributed by atoms with E-state index in [9.17, 15) is 13.2 Å². The molecule has 1 aromatic heterocycles. The van der Waals surface area contributed by atoms with E-state index in [2.05, 4.69) is 10.3 Å². The van der Waals surface area contributed by atoms with Crippen LogP contribution in [0.4, 0.5) is 5.69 Å². The third-order valence-electron chi connectivity index (χ3n) is 3.58. The zero-order valence-corrected chi connectivity index (χ0v) is 15.6. The van der Waals surface area contributed by atoms with Gasteiger partial charge in [-0.25, -0.2) is 8.42 Å². The van der Waals surface area contributed by atoms with Crippen molar-refractivity contribution in [3.63, 3.8) is 0 Å². The number of nitrogens with one attached hydrogen (secondary N) is 1. The smallest absolute Gasteiger partial charge is 0.252 e. The number of methoxy groups -OCH3 is 2. The van der Waals surface area contributed by atoms with Crippen molar-refractivity contribution in [1.82, 2.24) is 10.3 Å². The van der Waals surface area contributed by atoms with Crippen LogP contribution in [0, 0.1) is 0 Å². The lowest BCUT2D eigenvalue weighted by atomic mass is 10.2. The Hall–Kier alpha value is -2.81. The van der Waals surface area contributed by atoms with E-state index in [1.54, 1.807) is 36.5 Å². The SMILES string of the molecule is COc1ccc(N(CCNC(=O)c2cccnc2)S(C)(=O)=O)cc1OC. The fourth-order valence-electron chi connectivity index (χ4n) is 2.34. The Morgan fingerprint density at radius 3 is 2.50 bits per heavy atom. The number of nitrogens with zero attached hydrogens (tertiary/aromatic N) is 2. The van der Waals surface area contributed by atoms with E-state index >= 15 is 0 Å². The molecule has 0 spiro atoms. The summed E-state index contributed by atoms with van der Waals surface area (Å²) >= 11 is 0. The second-order valence-electron chi connectivity index (χ2n) is 5.37. The van der Waals surface area contributed by atoms with Gasteiger partial charge < -0.3 is 14.8 Å². The number of ether oxygens (including phenoxy) is 2. The Kier molecular flexibility index (Phi) is 6.40. The maximum absolute atomic E-state index is 12.2. The van der Waals surface area contributed by atoms with Crippen molar-refractivity contribution in [2.45, 2.75) is 0 Å². The van der Waals surface area contributed by atoms with Crippen LogP contribution < -0.4 is 19.1 Å². The molecule has 1 aromatic carbocycles. The molecule has 1 amide bonds. The van der Waals surface area contributed by atoms with Crippen molar-refractivity contribution in [3.05, 3.63) is 48.3 Å². The van der Waals surface area contributed by atoms with Crippen molar-refractivity contribution < 1.29 is 22.7 Å². The van der Waals surface area contributed by atoms with Crippen molar-refractivity contribution in [3.8, 4) is 11.5 Å². The number of carbonyl (C=O) groups is 1. The monoisotopic (exact) mass is 379 g/mol. The average Bonchev–Trinajstić information content (AvgIpc) is 2.64. The fourth-order valence-corrected chi connectivity index (χ4v) is 3.26. The van der Waals surface area contributed by atoms with Gasteiger partial charge in [0.1, 0.15) is 0 Å². The van der Waals surface area contributed by atoms with Crippen LogP contribution in [0.3, 0.4) is 0 Å². The molecule has 0 bridgehead atoms. The maximum Gasteiger partial charge on any atom is 0.252 e. The number of benzene rings is 1. The number of carbonyl (C=O) groups excluding carboxylic acids is 1. The van der Waals surface area contributed by atoms with Crippen molar-refractivity contribution >= 4 is 21.6 Å².